The quantitative estimate of drug-likeness (QED) is 0.472. The van der Waals surface area contributed by atoms with Crippen molar-refractivity contribution in [3.8, 4) is 6.07 Å². The number of H-pyrrole nitrogens is 2. The molecule has 1 unspecified atom stereocenters. The number of nitrogens with zero attached hydrogens (tertiary/aromatic N) is 2. The zero-order valence-corrected chi connectivity index (χ0v) is 15.6. The van der Waals surface area contributed by atoms with Crippen LogP contribution in [0.3, 0.4) is 0 Å². The van der Waals surface area contributed by atoms with Gasteiger partial charge in [0.15, 0.2) is 5.82 Å². The van der Waals surface area contributed by atoms with Gasteiger partial charge in [-0.15, -0.1) is 0 Å². The summed E-state index contributed by atoms with van der Waals surface area (Å²) in [6, 6.07) is 9.45. The topological polar surface area (TPSA) is 88.5 Å². The fourth-order valence-corrected chi connectivity index (χ4v) is 3.83. The van der Waals surface area contributed by atoms with E-state index in [1.54, 1.807) is 26.1 Å². The molecule has 0 aliphatic heterocycles. The monoisotopic (exact) mass is 398 g/mol. The minimum absolute atomic E-state index is 0.178. The Hall–Kier alpha value is -3.31. The van der Waals surface area contributed by atoms with Crippen LogP contribution in [0.5, 0.6) is 0 Å². The molecule has 2 aromatic heterocycles. The molecule has 4 rings (SSSR count). The molecule has 0 bridgehead atoms. The molecule has 29 heavy (non-hydrogen) atoms. The first kappa shape index (κ1) is 19.0. The zero-order chi connectivity index (χ0) is 21.0. The number of nitriles is 1. The summed E-state index contributed by atoms with van der Waals surface area (Å²) in [6.45, 7) is 3.55. The molecule has 0 saturated heterocycles. The fraction of sp³-hybridized carbons (Fsp3) is 0.238. The molecule has 0 saturated carbocycles. The van der Waals surface area contributed by atoms with Gasteiger partial charge >= 0.3 is 6.18 Å². The predicted molar refractivity (Wildman–Crippen MR) is 102 cm³/mol. The molecule has 3 N–H and O–H groups in total. The van der Waals surface area contributed by atoms with Gasteiger partial charge in [0.2, 0.25) is 5.60 Å². The van der Waals surface area contributed by atoms with E-state index in [1.165, 1.54) is 24.3 Å². The highest BCUT2D eigenvalue weighted by molar-refractivity contribution is 5.89. The number of nitrogens with one attached hydrogen (secondary N) is 2. The molecular formula is C21H17F3N4O. The summed E-state index contributed by atoms with van der Waals surface area (Å²) >= 11 is 0. The number of aryl methyl sites for hydroxylation is 2. The molecular weight excluding hydrogens is 381 g/mol. The average molecular weight is 398 g/mol. The number of benzene rings is 2. The van der Waals surface area contributed by atoms with Gasteiger partial charge in [-0.25, -0.2) is 4.98 Å². The van der Waals surface area contributed by atoms with Crippen molar-refractivity contribution in [1.29, 1.82) is 5.26 Å². The third-order valence-corrected chi connectivity index (χ3v) is 5.23. The fourth-order valence-electron chi connectivity index (χ4n) is 3.83. The molecule has 5 nitrogen and oxygen atoms in total. The minimum atomic E-state index is -5.04. The standard InChI is InChI=1S/C21H17F3N4O/c1-3-13-8-11(2)18-14(6-7-26-18)17(13)20(29,21(22,23)24)19-27-15-5-4-12(10-25)9-16(15)28-19/h4-9,26,29H,3H2,1-2H3,(H,27,28). The minimum Gasteiger partial charge on any atom is -0.370 e. The Kier molecular flexibility index (Phi) is 4.17. The Morgan fingerprint density at radius 1 is 1.21 bits per heavy atom. The van der Waals surface area contributed by atoms with Crippen molar-refractivity contribution in [1.82, 2.24) is 15.0 Å². The second kappa shape index (κ2) is 6.36. The van der Waals surface area contributed by atoms with E-state index in [2.05, 4.69) is 15.0 Å². The third-order valence-electron chi connectivity index (χ3n) is 5.23. The summed E-state index contributed by atoms with van der Waals surface area (Å²) in [4.78, 5) is 9.60. The second-order valence-corrected chi connectivity index (χ2v) is 6.98. The molecule has 0 radical (unpaired) electrons. The number of fused-ring (bicyclic) bond motifs is 2. The summed E-state index contributed by atoms with van der Waals surface area (Å²) in [5.41, 5.74) is -1.14. The smallest absolute Gasteiger partial charge is 0.370 e. The molecule has 4 aromatic rings. The molecule has 0 amide bonds. The number of rotatable bonds is 3. The van der Waals surface area contributed by atoms with Gasteiger partial charge in [-0.3, -0.25) is 0 Å². The van der Waals surface area contributed by atoms with Crippen molar-refractivity contribution < 1.29 is 18.3 Å². The van der Waals surface area contributed by atoms with Crippen LogP contribution < -0.4 is 0 Å². The number of aromatic amines is 2. The third kappa shape index (κ3) is 2.69. The van der Waals surface area contributed by atoms with Crippen molar-refractivity contribution in [3.63, 3.8) is 0 Å². The van der Waals surface area contributed by atoms with Crippen molar-refractivity contribution in [2.24, 2.45) is 0 Å². The first-order chi connectivity index (χ1) is 13.7. The number of aliphatic hydroxyl groups is 1. The first-order valence-electron chi connectivity index (χ1n) is 9.00. The van der Waals surface area contributed by atoms with E-state index in [0.717, 1.165) is 5.56 Å². The average Bonchev–Trinajstić information content (AvgIpc) is 3.33. The van der Waals surface area contributed by atoms with Gasteiger partial charge in [-0.1, -0.05) is 13.0 Å². The molecule has 0 aliphatic rings. The maximum atomic E-state index is 14.4. The van der Waals surface area contributed by atoms with Crippen molar-refractivity contribution >= 4 is 21.9 Å². The summed E-state index contributed by atoms with van der Waals surface area (Å²) in [7, 11) is 0. The molecule has 8 heteroatoms. The van der Waals surface area contributed by atoms with Gasteiger partial charge < -0.3 is 15.1 Å². The van der Waals surface area contributed by atoms with E-state index in [9.17, 15) is 18.3 Å². The number of halogens is 3. The van der Waals surface area contributed by atoms with Crippen molar-refractivity contribution in [2.75, 3.05) is 0 Å². The van der Waals surface area contributed by atoms with Crippen molar-refractivity contribution in [3.05, 3.63) is 64.6 Å². The normalized spacial score (nSPS) is 14.2. The van der Waals surface area contributed by atoms with E-state index < -0.39 is 17.6 Å². The van der Waals surface area contributed by atoms with Crippen LogP contribution in [0.1, 0.15) is 35.0 Å². The highest BCUT2D eigenvalue weighted by Crippen LogP contribution is 2.47. The maximum Gasteiger partial charge on any atom is 0.428 e. The molecule has 0 spiro atoms. The van der Waals surface area contributed by atoms with Crippen LogP contribution in [0.15, 0.2) is 36.5 Å². The molecule has 1 atom stereocenters. The molecule has 0 aliphatic carbocycles. The van der Waals surface area contributed by atoms with E-state index in [0.29, 0.717) is 28.4 Å². The van der Waals surface area contributed by atoms with Crippen LogP contribution in [0.4, 0.5) is 13.2 Å². The molecule has 2 heterocycles. The highest BCUT2D eigenvalue weighted by Gasteiger charge is 2.60. The molecule has 0 fully saturated rings. The largest absolute Gasteiger partial charge is 0.428 e. The Morgan fingerprint density at radius 3 is 2.62 bits per heavy atom. The lowest BCUT2D eigenvalue weighted by Gasteiger charge is -2.31. The van der Waals surface area contributed by atoms with Gasteiger partial charge in [0.1, 0.15) is 0 Å². The van der Waals surface area contributed by atoms with Crippen LogP contribution in [0.25, 0.3) is 21.9 Å². The van der Waals surface area contributed by atoms with Gasteiger partial charge in [0.05, 0.1) is 22.7 Å². The van der Waals surface area contributed by atoms with Gasteiger partial charge in [-0.2, -0.15) is 18.4 Å². The number of hydrogen-bond acceptors (Lipinski definition) is 3. The van der Waals surface area contributed by atoms with Crippen LogP contribution in [-0.4, -0.2) is 26.2 Å². The summed E-state index contributed by atoms with van der Waals surface area (Å²) in [5.74, 6) is -0.629. The second-order valence-electron chi connectivity index (χ2n) is 6.98. The number of hydrogen-bond donors (Lipinski definition) is 3. The SMILES string of the molecule is CCc1cc(C)c2[nH]ccc2c1C(O)(c1nc2cc(C#N)ccc2[nH]1)C(F)(F)F. The molecule has 148 valence electrons. The van der Waals surface area contributed by atoms with Gasteiger partial charge in [0.25, 0.3) is 0 Å². The number of aromatic nitrogens is 3. The number of alkyl halides is 3. The highest BCUT2D eigenvalue weighted by atomic mass is 19.4. The van der Waals surface area contributed by atoms with Crippen LogP contribution >= 0.6 is 0 Å². The van der Waals surface area contributed by atoms with E-state index in [1.807, 2.05) is 6.07 Å². The first-order valence-corrected chi connectivity index (χ1v) is 9.00. The predicted octanol–water partition coefficient (Wildman–Crippen LogP) is 4.58. The van der Waals surface area contributed by atoms with Crippen LogP contribution in [-0.2, 0) is 12.0 Å². The van der Waals surface area contributed by atoms with Crippen molar-refractivity contribution in [2.45, 2.75) is 32.0 Å². The Balaban J connectivity index is 2.09. The number of imidazole rings is 1. The van der Waals surface area contributed by atoms with E-state index in [-0.39, 0.29) is 16.6 Å². The molecule has 2 aromatic carbocycles. The van der Waals surface area contributed by atoms with Gasteiger partial charge in [0, 0.05) is 22.7 Å². The van der Waals surface area contributed by atoms with Crippen LogP contribution in [0.2, 0.25) is 0 Å². The summed E-state index contributed by atoms with van der Waals surface area (Å²) in [5, 5.41) is 20.6. The lowest BCUT2D eigenvalue weighted by molar-refractivity contribution is -0.250. The van der Waals surface area contributed by atoms with Gasteiger partial charge in [-0.05, 0) is 48.7 Å². The van der Waals surface area contributed by atoms with E-state index in [4.69, 9.17) is 5.26 Å². The van der Waals surface area contributed by atoms with E-state index >= 15 is 0 Å². The Morgan fingerprint density at radius 2 is 1.97 bits per heavy atom. The maximum absolute atomic E-state index is 14.4. The Bertz CT molecular complexity index is 1280. The Labute approximate surface area is 163 Å². The lowest BCUT2D eigenvalue weighted by Crippen LogP contribution is -2.45. The van der Waals surface area contributed by atoms with Crippen LogP contribution in [0, 0.1) is 18.3 Å². The summed E-state index contributed by atoms with van der Waals surface area (Å²) in [6.07, 6.45) is -3.19. The zero-order valence-electron chi connectivity index (χ0n) is 15.6. The lowest BCUT2D eigenvalue weighted by atomic mass is 9.83. The summed E-state index contributed by atoms with van der Waals surface area (Å²) < 4.78 is 43.3.